The predicted molar refractivity (Wildman–Crippen MR) is 84.4 cm³/mol. The Morgan fingerprint density at radius 1 is 0.952 bits per heavy atom. The average molecular weight is 286 g/mol. The first-order valence-electron chi connectivity index (χ1n) is 7.26. The van der Waals surface area contributed by atoms with Gasteiger partial charge in [0.2, 0.25) is 0 Å². The minimum absolute atomic E-state index is 0.597. The molecular formula is C15H22N6. The van der Waals surface area contributed by atoms with Gasteiger partial charge in [-0.15, -0.1) is 0 Å². The molecule has 0 amide bonds. The second-order valence-electron chi connectivity index (χ2n) is 4.85. The van der Waals surface area contributed by atoms with Gasteiger partial charge in [-0.25, -0.2) is 9.97 Å². The van der Waals surface area contributed by atoms with Crippen LogP contribution in [0.3, 0.4) is 0 Å². The number of hydrogen-bond acceptors (Lipinski definition) is 6. The second-order valence-corrected chi connectivity index (χ2v) is 4.85. The fourth-order valence-corrected chi connectivity index (χ4v) is 1.92. The van der Waals surface area contributed by atoms with E-state index in [-0.39, 0.29) is 0 Å². The van der Waals surface area contributed by atoms with Gasteiger partial charge in [0.15, 0.2) is 0 Å². The molecule has 2 N–H and O–H groups in total. The Labute approximate surface area is 125 Å². The van der Waals surface area contributed by atoms with E-state index in [1.54, 1.807) is 12.4 Å². The Hall–Kier alpha value is -2.24. The molecule has 2 heterocycles. The Bertz CT molecular complexity index is 594. The maximum atomic E-state index is 4.56. The summed E-state index contributed by atoms with van der Waals surface area (Å²) >= 11 is 0. The van der Waals surface area contributed by atoms with Crippen molar-refractivity contribution in [1.29, 1.82) is 0 Å². The third-order valence-corrected chi connectivity index (χ3v) is 3.12. The first-order chi connectivity index (χ1) is 10.1. The van der Waals surface area contributed by atoms with E-state index in [0.29, 0.717) is 6.54 Å². The summed E-state index contributed by atoms with van der Waals surface area (Å²) in [5.74, 6) is 2.57. The Balaban J connectivity index is 2.18. The zero-order valence-electron chi connectivity index (χ0n) is 13.1. The van der Waals surface area contributed by atoms with Crippen LogP contribution in [-0.2, 0) is 13.0 Å². The molecule has 0 aliphatic carbocycles. The van der Waals surface area contributed by atoms with Crippen molar-refractivity contribution in [2.24, 2.45) is 0 Å². The second kappa shape index (κ2) is 6.97. The largest absolute Gasteiger partial charge is 0.370 e. The van der Waals surface area contributed by atoms with Crippen molar-refractivity contribution < 1.29 is 0 Å². The van der Waals surface area contributed by atoms with Crippen LogP contribution in [0.4, 0.5) is 11.6 Å². The normalized spacial score (nSPS) is 10.5. The predicted octanol–water partition coefficient (Wildman–Crippen LogP) is 2.49. The van der Waals surface area contributed by atoms with Crippen LogP contribution in [0.5, 0.6) is 0 Å². The molecular weight excluding hydrogens is 264 g/mol. The molecule has 6 heteroatoms. The maximum absolute atomic E-state index is 4.56. The lowest BCUT2D eigenvalue weighted by molar-refractivity contribution is 0.910. The zero-order chi connectivity index (χ0) is 15.2. The Morgan fingerprint density at radius 2 is 1.67 bits per heavy atom. The maximum Gasteiger partial charge on any atom is 0.135 e. The zero-order valence-corrected chi connectivity index (χ0v) is 13.1. The summed E-state index contributed by atoms with van der Waals surface area (Å²) in [4.78, 5) is 17.7. The minimum Gasteiger partial charge on any atom is -0.370 e. The molecule has 0 aliphatic heterocycles. The topological polar surface area (TPSA) is 75.6 Å². The van der Waals surface area contributed by atoms with Crippen LogP contribution in [0.2, 0.25) is 0 Å². The number of anilines is 2. The fraction of sp³-hybridized carbons (Fsp3) is 0.467. The molecule has 0 aromatic carbocycles. The van der Waals surface area contributed by atoms with Crippen molar-refractivity contribution in [3.8, 4) is 0 Å². The number of hydrogen-bond donors (Lipinski definition) is 2. The van der Waals surface area contributed by atoms with E-state index in [1.165, 1.54) is 0 Å². The van der Waals surface area contributed by atoms with Gasteiger partial charge in [-0.3, -0.25) is 9.97 Å². The van der Waals surface area contributed by atoms with Crippen LogP contribution in [0.1, 0.15) is 36.6 Å². The molecule has 6 nitrogen and oxygen atoms in total. The number of aryl methyl sites for hydroxylation is 2. The first kappa shape index (κ1) is 15.2. The van der Waals surface area contributed by atoms with Crippen LogP contribution in [0.25, 0.3) is 0 Å². The van der Waals surface area contributed by atoms with Crippen molar-refractivity contribution in [2.75, 3.05) is 17.2 Å². The summed E-state index contributed by atoms with van der Waals surface area (Å²) in [6.45, 7) is 9.48. The highest BCUT2D eigenvalue weighted by molar-refractivity contribution is 5.57. The molecule has 0 radical (unpaired) electrons. The van der Waals surface area contributed by atoms with Crippen LogP contribution in [0.15, 0.2) is 12.4 Å². The molecule has 0 saturated heterocycles. The molecule has 21 heavy (non-hydrogen) atoms. The number of aromatic nitrogens is 4. The SMILES string of the molecule is CCNc1nc(CC)nc(NCc2cnc(C)cn2)c1C. The summed E-state index contributed by atoms with van der Waals surface area (Å²) in [6, 6.07) is 0. The Kier molecular flexibility index (Phi) is 5.03. The highest BCUT2D eigenvalue weighted by Crippen LogP contribution is 2.20. The van der Waals surface area contributed by atoms with E-state index in [4.69, 9.17) is 0 Å². The van der Waals surface area contributed by atoms with Gasteiger partial charge in [-0.1, -0.05) is 6.92 Å². The smallest absolute Gasteiger partial charge is 0.135 e. The van der Waals surface area contributed by atoms with Crippen molar-refractivity contribution >= 4 is 11.6 Å². The molecule has 0 unspecified atom stereocenters. The molecule has 0 fully saturated rings. The van der Waals surface area contributed by atoms with E-state index < -0.39 is 0 Å². The van der Waals surface area contributed by atoms with Crippen LogP contribution in [0, 0.1) is 13.8 Å². The number of nitrogens with zero attached hydrogens (tertiary/aromatic N) is 4. The molecule has 0 atom stereocenters. The molecule has 0 spiro atoms. The average Bonchev–Trinajstić information content (AvgIpc) is 2.50. The van der Waals surface area contributed by atoms with E-state index in [1.807, 2.05) is 13.8 Å². The van der Waals surface area contributed by atoms with Crippen molar-refractivity contribution in [3.63, 3.8) is 0 Å². The van der Waals surface area contributed by atoms with Crippen LogP contribution >= 0.6 is 0 Å². The summed E-state index contributed by atoms with van der Waals surface area (Å²) in [5, 5.41) is 6.61. The van der Waals surface area contributed by atoms with Crippen LogP contribution in [-0.4, -0.2) is 26.5 Å². The molecule has 112 valence electrons. The third-order valence-electron chi connectivity index (χ3n) is 3.12. The summed E-state index contributed by atoms with van der Waals surface area (Å²) in [5.41, 5.74) is 2.83. The van der Waals surface area contributed by atoms with E-state index >= 15 is 0 Å². The lowest BCUT2D eigenvalue weighted by Crippen LogP contribution is -2.11. The highest BCUT2D eigenvalue weighted by atomic mass is 15.1. The van der Waals surface area contributed by atoms with Gasteiger partial charge in [0.1, 0.15) is 17.5 Å². The summed E-state index contributed by atoms with van der Waals surface area (Å²) < 4.78 is 0. The van der Waals surface area contributed by atoms with Crippen molar-refractivity contribution in [2.45, 2.75) is 40.7 Å². The third kappa shape index (κ3) is 3.87. The van der Waals surface area contributed by atoms with Gasteiger partial charge in [0, 0.05) is 24.7 Å². The summed E-state index contributed by atoms with van der Waals surface area (Å²) in [7, 11) is 0. The van der Waals surface area contributed by atoms with E-state index in [9.17, 15) is 0 Å². The lowest BCUT2D eigenvalue weighted by Gasteiger charge is -2.14. The summed E-state index contributed by atoms with van der Waals surface area (Å²) in [6.07, 6.45) is 4.36. The molecule has 0 bridgehead atoms. The molecule has 0 aliphatic rings. The molecule has 2 rings (SSSR count). The van der Waals surface area contributed by atoms with Crippen molar-refractivity contribution in [1.82, 2.24) is 19.9 Å². The van der Waals surface area contributed by atoms with Crippen molar-refractivity contribution in [3.05, 3.63) is 35.2 Å². The quantitative estimate of drug-likeness (QED) is 0.849. The minimum atomic E-state index is 0.597. The standard InChI is InChI=1S/C15H22N6/c1-5-13-20-14(16-6-2)11(4)15(21-13)19-9-12-8-17-10(3)7-18-12/h7-8H,5-6,9H2,1-4H3,(H2,16,19,20,21). The van der Waals surface area contributed by atoms with Gasteiger partial charge in [-0.2, -0.15) is 0 Å². The van der Waals surface area contributed by atoms with E-state index in [0.717, 1.165) is 47.4 Å². The van der Waals surface area contributed by atoms with Gasteiger partial charge in [0.25, 0.3) is 0 Å². The van der Waals surface area contributed by atoms with Gasteiger partial charge >= 0.3 is 0 Å². The van der Waals surface area contributed by atoms with Gasteiger partial charge < -0.3 is 10.6 Å². The Morgan fingerprint density at radius 3 is 2.24 bits per heavy atom. The van der Waals surface area contributed by atoms with Gasteiger partial charge in [0.05, 0.1) is 24.1 Å². The van der Waals surface area contributed by atoms with Crippen LogP contribution < -0.4 is 10.6 Å². The monoisotopic (exact) mass is 286 g/mol. The molecule has 2 aromatic rings. The number of rotatable bonds is 6. The first-order valence-corrected chi connectivity index (χ1v) is 7.26. The molecule has 0 saturated carbocycles. The lowest BCUT2D eigenvalue weighted by atomic mass is 10.2. The highest BCUT2D eigenvalue weighted by Gasteiger charge is 2.09. The van der Waals surface area contributed by atoms with E-state index in [2.05, 4.69) is 44.4 Å². The fourth-order valence-electron chi connectivity index (χ4n) is 1.92. The van der Waals surface area contributed by atoms with Gasteiger partial charge in [-0.05, 0) is 20.8 Å². The molecule has 2 aromatic heterocycles. The number of nitrogens with one attached hydrogen (secondary N) is 2.